The van der Waals surface area contributed by atoms with Gasteiger partial charge in [-0.3, -0.25) is 4.79 Å². The minimum Gasteiger partial charge on any atom is -0.497 e. The van der Waals surface area contributed by atoms with Crippen LogP contribution in [0.25, 0.3) is 0 Å². The Bertz CT molecular complexity index is 771. The first-order valence-corrected chi connectivity index (χ1v) is 8.59. The number of hydrogen-bond acceptors (Lipinski definition) is 3. The van der Waals surface area contributed by atoms with Crippen LogP contribution in [0.3, 0.4) is 0 Å². The van der Waals surface area contributed by atoms with Crippen LogP contribution in [0, 0.1) is 0 Å². The van der Waals surface area contributed by atoms with Gasteiger partial charge in [-0.05, 0) is 35.4 Å². The van der Waals surface area contributed by atoms with E-state index in [0.29, 0.717) is 24.2 Å². The quantitative estimate of drug-likeness (QED) is 0.585. The lowest BCUT2D eigenvalue weighted by Crippen LogP contribution is -2.30. The summed E-state index contributed by atoms with van der Waals surface area (Å²) in [4.78, 5) is 14.4. The van der Waals surface area contributed by atoms with Gasteiger partial charge in [0.15, 0.2) is 0 Å². The van der Waals surface area contributed by atoms with Crippen LogP contribution in [0.2, 0.25) is 0 Å². The number of halogens is 3. The number of carbonyl (C=O) groups excluding carboxylic acids is 1. The molecule has 0 aliphatic heterocycles. The second-order valence-corrected chi connectivity index (χ2v) is 6.13. The van der Waals surface area contributed by atoms with Gasteiger partial charge in [-0.1, -0.05) is 30.3 Å². The molecule has 150 valence electrons. The highest BCUT2D eigenvalue weighted by Gasteiger charge is 2.27. The average molecular weight is 393 g/mol. The molecule has 0 spiro atoms. The van der Waals surface area contributed by atoms with E-state index in [9.17, 15) is 18.0 Å². The fourth-order valence-electron chi connectivity index (χ4n) is 2.54. The molecule has 0 heterocycles. The molecule has 0 atom stereocenters. The molecule has 2 aromatic carbocycles. The molecular formula is C21H22F3NO3. The van der Waals surface area contributed by atoms with Gasteiger partial charge in [0.2, 0.25) is 0 Å². The summed E-state index contributed by atoms with van der Waals surface area (Å²) in [5, 5.41) is 0. The van der Waals surface area contributed by atoms with E-state index in [1.807, 2.05) is 24.3 Å². The zero-order valence-electron chi connectivity index (χ0n) is 15.5. The van der Waals surface area contributed by atoms with Crippen LogP contribution < -0.4 is 4.74 Å². The van der Waals surface area contributed by atoms with Crippen LogP contribution in [0.5, 0.6) is 5.75 Å². The molecule has 0 saturated carbocycles. The fraction of sp³-hybridized carbons (Fsp3) is 0.286. The number of nitrogens with zero attached hydrogens (tertiary/aromatic N) is 1. The Balaban J connectivity index is 2.02. The van der Waals surface area contributed by atoms with Crippen LogP contribution >= 0.6 is 0 Å². The Hall–Kier alpha value is -2.80. The number of ether oxygens (including phenoxy) is 2. The molecule has 0 saturated heterocycles. The lowest BCUT2D eigenvalue weighted by molar-refractivity contribution is -0.176. The van der Waals surface area contributed by atoms with E-state index in [1.54, 1.807) is 42.4 Å². The first kappa shape index (κ1) is 21.5. The van der Waals surface area contributed by atoms with Crippen molar-refractivity contribution in [2.45, 2.75) is 19.3 Å². The van der Waals surface area contributed by atoms with Gasteiger partial charge in [-0.25, -0.2) is 0 Å². The molecule has 28 heavy (non-hydrogen) atoms. The number of carbonyl (C=O) groups is 1. The lowest BCUT2D eigenvalue weighted by Gasteiger charge is -2.21. The first-order chi connectivity index (χ1) is 13.3. The van der Waals surface area contributed by atoms with E-state index < -0.39 is 12.8 Å². The highest BCUT2D eigenvalue weighted by Crippen LogP contribution is 2.17. The molecule has 0 aliphatic rings. The van der Waals surface area contributed by atoms with Gasteiger partial charge in [-0.15, -0.1) is 6.58 Å². The second-order valence-electron chi connectivity index (χ2n) is 6.13. The van der Waals surface area contributed by atoms with Crippen molar-refractivity contribution in [3.63, 3.8) is 0 Å². The summed E-state index contributed by atoms with van der Waals surface area (Å²) in [5.74, 6) is 0.534. The zero-order chi connectivity index (χ0) is 20.6. The van der Waals surface area contributed by atoms with E-state index in [-0.39, 0.29) is 12.5 Å². The lowest BCUT2D eigenvalue weighted by atomic mass is 10.1. The Labute approximate surface area is 162 Å². The Morgan fingerprint density at radius 1 is 1.07 bits per heavy atom. The predicted octanol–water partition coefficient (Wildman–Crippen LogP) is 4.60. The fourth-order valence-corrected chi connectivity index (χ4v) is 2.54. The molecular weight excluding hydrogens is 371 g/mol. The van der Waals surface area contributed by atoms with Crippen molar-refractivity contribution in [1.82, 2.24) is 4.90 Å². The van der Waals surface area contributed by atoms with Gasteiger partial charge < -0.3 is 14.4 Å². The molecule has 0 N–H and O–H groups in total. The smallest absolute Gasteiger partial charge is 0.411 e. The predicted molar refractivity (Wildman–Crippen MR) is 100 cm³/mol. The third-order valence-corrected chi connectivity index (χ3v) is 3.90. The van der Waals surface area contributed by atoms with Gasteiger partial charge in [0.25, 0.3) is 5.91 Å². The van der Waals surface area contributed by atoms with Crippen LogP contribution in [0.1, 0.15) is 21.5 Å². The number of alkyl halides is 3. The van der Waals surface area contributed by atoms with Crippen molar-refractivity contribution in [3.8, 4) is 5.75 Å². The number of methoxy groups -OCH3 is 1. The SMILES string of the molecule is C=CCN(Cc1ccc(OC)cc1)C(=O)c1ccc(COCC(F)(F)F)cc1. The van der Waals surface area contributed by atoms with Crippen LogP contribution in [0.4, 0.5) is 13.2 Å². The van der Waals surface area contributed by atoms with E-state index in [4.69, 9.17) is 4.74 Å². The van der Waals surface area contributed by atoms with E-state index >= 15 is 0 Å². The summed E-state index contributed by atoms with van der Waals surface area (Å²) in [5.41, 5.74) is 1.94. The van der Waals surface area contributed by atoms with Crippen molar-refractivity contribution in [3.05, 3.63) is 77.9 Å². The first-order valence-electron chi connectivity index (χ1n) is 8.59. The molecule has 0 aromatic heterocycles. The number of amides is 1. The van der Waals surface area contributed by atoms with Crippen LogP contribution in [-0.2, 0) is 17.9 Å². The highest BCUT2D eigenvalue weighted by atomic mass is 19.4. The standard InChI is InChI=1S/C21H22F3NO3/c1-3-12-25(13-16-6-10-19(27-2)11-7-16)20(26)18-8-4-17(5-9-18)14-28-15-21(22,23)24/h3-11H,1,12-15H2,2H3. The topological polar surface area (TPSA) is 38.8 Å². The Morgan fingerprint density at radius 2 is 1.68 bits per heavy atom. The van der Waals surface area contributed by atoms with Crippen molar-refractivity contribution in [2.24, 2.45) is 0 Å². The van der Waals surface area contributed by atoms with Gasteiger partial charge >= 0.3 is 6.18 Å². The maximum atomic E-state index is 12.8. The van der Waals surface area contributed by atoms with Gasteiger partial charge in [0.05, 0.1) is 13.7 Å². The zero-order valence-corrected chi connectivity index (χ0v) is 15.5. The van der Waals surface area contributed by atoms with Crippen LogP contribution in [-0.4, -0.2) is 37.2 Å². The van der Waals surface area contributed by atoms with Crippen molar-refractivity contribution in [1.29, 1.82) is 0 Å². The molecule has 0 unspecified atom stereocenters. The summed E-state index contributed by atoms with van der Waals surface area (Å²) in [6.07, 6.45) is -2.72. The summed E-state index contributed by atoms with van der Waals surface area (Å²) in [6.45, 7) is 2.97. The summed E-state index contributed by atoms with van der Waals surface area (Å²) >= 11 is 0. The molecule has 0 aliphatic carbocycles. The highest BCUT2D eigenvalue weighted by molar-refractivity contribution is 5.94. The van der Waals surface area contributed by atoms with Gasteiger partial charge in [0.1, 0.15) is 12.4 Å². The third kappa shape index (κ3) is 6.74. The van der Waals surface area contributed by atoms with E-state index in [2.05, 4.69) is 11.3 Å². The summed E-state index contributed by atoms with van der Waals surface area (Å²) in [6, 6.07) is 13.7. The molecule has 0 bridgehead atoms. The normalized spacial score (nSPS) is 11.1. The van der Waals surface area contributed by atoms with Crippen molar-refractivity contribution in [2.75, 3.05) is 20.3 Å². The van der Waals surface area contributed by atoms with Crippen molar-refractivity contribution < 1.29 is 27.4 Å². The molecule has 4 nitrogen and oxygen atoms in total. The molecule has 0 fully saturated rings. The van der Waals surface area contributed by atoms with Gasteiger partial charge in [0, 0.05) is 18.7 Å². The second kappa shape index (κ2) is 9.94. The summed E-state index contributed by atoms with van der Waals surface area (Å²) < 4.78 is 46.1. The van der Waals surface area contributed by atoms with Crippen LogP contribution in [0.15, 0.2) is 61.2 Å². The molecule has 0 radical (unpaired) electrons. The molecule has 2 rings (SSSR count). The minimum absolute atomic E-state index is 0.170. The average Bonchev–Trinajstić information content (AvgIpc) is 2.67. The maximum Gasteiger partial charge on any atom is 0.411 e. The largest absolute Gasteiger partial charge is 0.497 e. The molecule has 2 aromatic rings. The Kier molecular flexibility index (Phi) is 7.63. The molecule has 1 amide bonds. The Morgan fingerprint density at radius 3 is 2.21 bits per heavy atom. The monoisotopic (exact) mass is 393 g/mol. The molecule has 7 heteroatoms. The number of hydrogen-bond donors (Lipinski definition) is 0. The summed E-state index contributed by atoms with van der Waals surface area (Å²) in [7, 11) is 1.58. The third-order valence-electron chi connectivity index (χ3n) is 3.90. The number of benzene rings is 2. The van der Waals surface area contributed by atoms with E-state index in [0.717, 1.165) is 11.3 Å². The minimum atomic E-state index is -4.36. The van der Waals surface area contributed by atoms with Gasteiger partial charge in [-0.2, -0.15) is 13.2 Å². The van der Waals surface area contributed by atoms with E-state index in [1.165, 1.54) is 0 Å². The number of rotatable bonds is 9. The van der Waals surface area contributed by atoms with Crippen molar-refractivity contribution >= 4 is 5.91 Å². The maximum absolute atomic E-state index is 12.8.